The van der Waals surface area contributed by atoms with Crippen LogP contribution < -0.4 is 11.1 Å². The molecule has 0 bridgehead atoms. The number of nitrogens with two attached hydrogens (primary N) is 1. The van der Waals surface area contributed by atoms with Gasteiger partial charge >= 0.3 is 0 Å². The topological polar surface area (TPSA) is 50.4 Å². The molecule has 1 aromatic rings. The summed E-state index contributed by atoms with van der Waals surface area (Å²) in [4.78, 5) is 4.51. The molecule has 4 heteroatoms. The largest absolute Gasteiger partial charge is 0.370 e. The van der Waals surface area contributed by atoms with E-state index < -0.39 is 0 Å². The van der Waals surface area contributed by atoms with Gasteiger partial charge in [-0.3, -0.25) is 4.99 Å². The Kier molecular flexibility index (Phi) is 6.10. The molecule has 19 heavy (non-hydrogen) atoms. The fourth-order valence-corrected chi connectivity index (χ4v) is 2.12. The zero-order chi connectivity index (χ0) is 13.0. The maximum Gasteiger partial charge on any atom is 0.188 e. The van der Waals surface area contributed by atoms with Crippen molar-refractivity contribution >= 4 is 29.9 Å². The van der Waals surface area contributed by atoms with Crippen molar-refractivity contribution in [2.75, 3.05) is 6.54 Å². The highest BCUT2D eigenvalue weighted by Gasteiger charge is 2.43. The Balaban J connectivity index is 0.00000180. The van der Waals surface area contributed by atoms with Crippen LogP contribution in [0, 0.1) is 0 Å². The van der Waals surface area contributed by atoms with Gasteiger partial charge in [-0.1, -0.05) is 37.3 Å². The number of hydrogen-bond acceptors (Lipinski definition) is 1. The second-order valence-electron chi connectivity index (χ2n) is 5.30. The van der Waals surface area contributed by atoms with Crippen molar-refractivity contribution in [1.82, 2.24) is 5.32 Å². The van der Waals surface area contributed by atoms with Crippen LogP contribution in [0.25, 0.3) is 0 Å². The smallest absolute Gasteiger partial charge is 0.188 e. The van der Waals surface area contributed by atoms with Gasteiger partial charge in [0.2, 0.25) is 0 Å². The first-order chi connectivity index (χ1) is 8.66. The summed E-state index contributed by atoms with van der Waals surface area (Å²) in [5.74, 6) is 0.576. The molecular weight excluding hydrogens is 349 g/mol. The van der Waals surface area contributed by atoms with E-state index in [1.54, 1.807) is 0 Å². The molecule has 0 aliphatic heterocycles. The van der Waals surface area contributed by atoms with E-state index in [1.807, 2.05) is 0 Å². The zero-order valence-electron chi connectivity index (χ0n) is 11.7. The van der Waals surface area contributed by atoms with Crippen LogP contribution in [0.3, 0.4) is 0 Å². The van der Waals surface area contributed by atoms with Crippen LogP contribution in [-0.4, -0.2) is 18.5 Å². The van der Waals surface area contributed by atoms with Crippen molar-refractivity contribution in [3.8, 4) is 0 Å². The molecule has 1 aliphatic carbocycles. The first kappa shape index (κ1) is 16.3. The minimum absolute atomic E-state index is 0. The van der Waals surface area contributed by atoms with Gasteiger partial charge in [0.05, 0.1) is 6.54 Å². The van der Waals surface area contributed by atoms with Crippen LogP contribution in [0.1, 0.15) is 38.7 Å². The summed E-state index contributed by atoms with van der Waals surface area (Å²) in [5, 5.41) is 3.21. The summed E-state index contributed by atoms with van der Waals surface area (Å²) >= 11 is 0. The summed E-state index contributed by atoms with van der Waals surface area (Å²) in [5.41, 5.74) is 7.55. The predicted octanol–water partition coefficient (Wildman–Crippen LogP) is 3.04. The van der Waals surface area contributed by atoms with E-state index in [0.717, 1.165) is 13.0 Å². The van der Waals surface area contributed by atoms with Gasteiger partial charge in [-0.05, 0) is 31.7 Å². The Hall–Kier alpha value is -0.780. The molecule has 0 spiro atoms. The monoisotopic (exact) mass is 373 g/mol. The third-order valence-corrected chi connectivity index (χ3v) is 3.80. The molecule has 0 aromatic heterocycles. The Labute approximate surface area is 133 Å². The summed E-state index contributed by atoms with van der Waals surface area (Å²) in [6.07, 6.45) is 3.49. The number of halogens is 1. The molecule has 106 valence electrons. The third kappa shape index (κ3) is 4.37. The van der Waals surface area contributed by atoms with Crippen molar-refractivity contribution in [1.29, 1.82) is 0 Å². The maximum absolute atomic E-state index is 5.90. The van der Waals surface area contributed by atoms with Gasteiger partial charge in [0.15, 0.2) is 5.96 Å². The van der Waals surface area contributed by atoms with Gasteiger partial charge in [-0.25, -0.2) is 0 Å². The van der Waals surface area contributed by atoms with Gasteiger partial charge in [0.1, 0.15) is 0 Å². The fraction of sp³-hybridized carbons (Fsp3) is 0.533. The van der Waals surface area contributed by atoms with Crippen molar-refractivity contribution < 1.29 is 0 Å². The lowest BCUT2D eigenvalue weighted by molar-refractivity contribution is 0.630. The molecule has 3 nitrogen and oxygen atoms in total. The highest BCUT2D eigenvalue weighted by molar-refractivity contribution is 14.0. The molecule has 0 amide bonds. The van der Waals surface area contributed by atoms with Crippen LogP contribution >= 0.6 is 24.0 Å². The second kappa shape index (κ2) is 7.12. The standard InChI is InChI=1S/C15H23N3.HI/c1-3-12(2)18-14(16)17-11-15(9-10-15)13-7-5-4-6-8-13;/h4-8,12H,3,9-11H2,1-2H3,(H3,16,17,18);1H. The van der Waals surface area contributed by atoms with Crippen molar-refractivity contribution in [3.05, 3.63) is 35.9 Å². The molecule has 0 saturated heterocycles. The van der Waals surface area contributed by atoms with Crippen LogP contribution in [0.5, 0.6) is 0 Å². The number of benzene rings is 1. The van der Waals surface area contributed by atoms with Crippen molar-refractivity contribution in [3.63, 3.8) is 0 Å². The Bertz CT molecular complexity index is 413. The molecule has 2 rings (SSSR count). The lowest BCUT2D eigenvalue weighted by atomic mass is 9.96. The molecule has 3 N–H and O–H groups in total. The quantitative estimate of drug-likeness (QED) is 0.474. The molecule has 1 aliphatic rings. The number of nitrogens with one attached hydrogen (secondary N) is 1. The Morgan fingerprint density at radius 1 is 1.37 bits per heavy atom. The number of nitrogens with zero attached hydrogens (tertiary/aromatic N) is 1. The molecule has 1 unspecified atom stereocenters. The van der Waals surface area contributed by atoms with Crippen LogP contribution in [-0.2, 0) is 5.41 Å². The molecule has 0 heterocycles. The van der Waals surface area contributed by atoms with E-state index in [2.05, 4.69) is 54.5 Å². The van der Waals surface area contributed by atoms with E-state index in [9.17, 15) is 0 Å². The van der Waals surface area contributed by atoms with Crippen molar-refractivity contribution in [2.24, 2.45) is 10.7 Å². The number of guanidine groups is 1. The normalized spacial score (nSPS) is 18.3. The average molecular weight is 373 g/mol. The Morgan fingerprint density at radius 3 is 2.53 bits per heavy atom. The zero-order valence-corrected chi connectivity index (χ0v) is 14.1. The van der Waals surface area contributed by atoms with E-state index in [4.69, 9.17) is 5.73 Å². The van der Waals surface area contributed by atoms with Gasteiger partial charge in [0, 0.05) is 11.5 Å². The average Bonchev–Trinajstić information content (AvgIpc) is 3.18. The van der Waals surface area contributed by atoms with Gasteiger partial charge in [0.25, 0.3) is 0 Å². The maximum atomic E-state index is 5.90. The van der Waals surface area contributed by atoms with Crippen LogP contribution in [0.2, 0.25) is 0 Å². The molecular formula is C15H24IN3. The molecule has 1 atom stereocenters. The third-order valence-electron chi connectivity index (χ3n) is 3.80. The van der Waals surface area contributed by atoms with E-state index in [-0.39, 0.29) is 29.4 Å². The molecule has 1 saturated carbocycles. The highest BCUT2D eigenvalue weighted by Crippen LogP contribution is 2.48. The SMILES string of the molecule is CCC(C)NC(N)=NCC1(c2ccccc2)CC1.I. The second-order valence-corrected chi connectivity index (χ2v) is 5.30. The fourth-order valence-electron chi connectivity index (χ4n) is 2.12. The van der Waals surface area contributed by atoms with E-state index in [1.165, 1.54) is 18.4 Å². The highest BCUT2D eigenvalue weighted by atomic mass is 127. The van der Waals surface area contributed by atoms with Gasteiger partial charge in [-0.15, -0.1) is 24.0 Å². The minimum atomic E-state index is 0. The summed E-state index contributed by atoms with van der Waals surface area (Å²) in [6, 6.07) is 11.0. The first-order valence-corrected chi connectivity index (χ1v) is 6.78. The van der Waals surface area contributed by atoms with Gasteiger partial charge in [-0.2, -0.15) is 0 Å². The number of aliphatic imine (C=N–C) groups is 1. The Morgan fingerprint density at radius 2 is 2.00 bits per heavy atom. The first-order valence-electron chi connectivity index (χ1n) is 6.78. The number of rotatable bonds is 5. The summed E-state index contributed by atoms with van der Waals surface area (Å²) in [7, 11) is 0. The predicted molar refractivity (Wildman–Crippen MR) is 92.1 cm³/mol. The number of hydrogen-bond donors (Lipinski definition) is 2. The van der Waals surface area contributed by atoms with Crippen LogP contribution in [0.4, 0.5) is 0 Å². The molecule has 1 aromatic carbocycles. The lowest BCUT2D eigenvalue weighted by Gasteiger charge is -2.15. The lowest BCUT2D eigenvalue weighted by Crippen LogP contribution is -2.38. The minimum Gasteiger partial charge on any atom is -0.370 e. The summed E-state index contributed by atoms with van der Waals surface area (Å²) in [6.45, 7) is 5.05. The molecule has 1 fully saturated rings. The van der Waals surface area contributed by atoms with Crippen LogP contribution in [0.15, 0.2) is 35.3 Å². The van der Waals surface area contributed by atoms with Crippen molar-refractivity contribution in [2.45, 2.75) is 44.6 Å². The van der Waals surface area contributed by atoms with E-state index in [0.29, 0.717) is 12.0 Å². The van der Waals surface area contributed by atoms with E-state index >= 15 is 0 Å². The van der Waals surface area contributed by atoms with Gasteiger partial charge < -0.3 is 11.1 Å². The molecule has 0 radical (unpaired) electrons. The summed E-state index contributed by atoms with van der Waals surface area (Å²) < 4.78 is 0.